The van der Waals surface area contributed by atoms with E-state index in [1.54, 1.807) is 0 Å². The zero-order valence-corrected chi connectivity index (χ0v) is 9.34. The van der Waals surface area contributed by atoms with Crippen LogP contribution in [0.5, 0.6) is 11.6 Å². The fourth-order valence-corrected chi connectivity index (χ4v) is 1.24. The van der Waals surface area contributed by atoms with Gasteiger partial charge in [0.15, 0.2) is 0 Å². The van der Waals surface area contributed by atoms with E-state index in [0.717, 1.165) is 5.56 Å². The number of amidine groups is 1. The van der Waals surface area contributed by atoms with Crippen LogP contribution in [-0.2, 0) is 0 Å². The molecule has 0 aliphatic rings. The molecule has 0 amide bonds. The molecule has 0 atom stereocenters. The molecule has 1 heterocycles. The number of hydrogen-bond donors (Lipinski definition) is 2. The second-order valence-electron chi connectivity index (χ2n) is 3.57. The van der Waals surface area contributed by atoms with Crippen molar-refractivity contribution in [2.24, 2.45) is 5.73 Å². The molecule has 86 valence electrons. The fraction of sp³-hybridized carbons (Fsp3) is 0.0833. The quantitative estimate of drug-likeness (QED) is 0.620. The third-order valence-corrected chi connectivity index (χ3v) is 2.15. The highest BCUT2D eigenvalue weighted by molar-refractivity contribution is 5.92. The molecule has 0 aliphatic heterocycles. The van der Waals surface area contributed by atoms with E-state index in [2.05, 4.69) is 9.97 Å². The molecule has 5 heteroatoms. The number of nitrogens with zero attached hydrogens (tertiary/aromatic N) is 2. The highest BCUT2D eigenvalue weighted by Gasteiger charge is 2.01. The minimum Gasteiger partial charge on any atom is -0.438 e. The first-order chi connectivity index (χ1) is 8.15. The van der Waals surface area contributed by atoms with Crippen molar-refractivity contribution in [1.82, 2.24) is 9.97 Å². The van der Waals surface area contributed by atoms with Crippen LogP contribution in [0.1, 0.15) is 11.3 Å². The zero-order chi connectivity index (χ0) is 12.3. The van der Waals surface area contributed by atoms with Gasteiger partial charge in [0.05, 0.1) is 12.4 Å². The largest absolute Gasteiger partial charge is 0.438 e. The highest BCUT2D eigenvalue weighted by atomic mass is 16.5. The third kappa shape index (κ3) is 2.78. The molecule has 0 aliphatic carbocycles. The number of ether oxygens (including phenoxy) is 1. The smallest absolute Gasteiger partial charge is 0.237 e. The van der Waals surface area contributed by atoms with Crippen molar-refractivity contribution in [2.45, 2.75) is 6.92 Å². The highest BCUT2D eigenvalue weighted by Crippen LogP contribution is 2.18. The molecule has 0 spiro atoms. The lowest BCUT2D eigenvalue weighted by Gasteiger charge is -2.04. The van der Waals surface area contributed by atoms with E-state index in [-0.39, 0.29) is 5.84 Å². The van der Waals surface area contributed by atoms with Gasteiger partial charge >= 0.3 is 0 Å². The van der Waals surface area contributed by atoms with Crippen LogP contribution < -0.4 is 10.5 Å². The summed E-state index contributed by atoms with van der Waals surface area (Å²) >= 11 is 0. The number of nitrogens with two attached hydrogens (primary N) is 1. The lowest BCUT2D eigenvalue weighted by molar-refractivity contribution is 0.460. The lowest BCUT2D eigenvalue weighted by Crippen LogP contribution is -2.13. The number of aryl methyl sites for hydroxylation is 1. The molecule has 0 unspecified atom stereocenters. The molecule has 0 saturated carbocycles. The maximum absolute atomic E-state index is 7.19. The molecule has 1 aromatic heterocycles. The molecule has 17 heavy (non-hydrogen) atoms. The molecule has 0 bridgehead atoms. The Hall–Kier alpha value is -2.43. The van der Waals surface area contributed by atoms with Crippen molar-refractivity contribution in [3.05, 3.63) is 47.9 Å². The molecular formula is C12H12N4O. The first-order valence-corrected chi connectivity index (χ1v) is 5.06. The second-order valence-corrected chi connectivity index (χ2v) is 3.57. The van der Waals surface area contributed by atoms with Gasteiger partial charge < -0.3 is 10.5 Å². The van der Waals surface area contributed by atoms with Gasteiger partial charge in [0.25, 0.3) is 0 Å². The molecule has 2 rings (SSSR count). The Morgan fingerprint density at radius 1 is 1.18 bits per heavy atom. The fourth-order valence-electron chi connectivity index (χ4n) is 1.24. The van der Waals surface area contributed by atoms with Gasteiger partial charge in [-0.05, 0) is 19.1 Å². The predicted octanol–water partition coefficient (Wildman–Crippen LogP) is 1.86. The van der Waals surface area contributed by atoms with Crippen LogP contribution in [0.3, 0.4) is 0 Å². The van der Waals surface area contributed by atoms with Crippen molar-refractivity contribution in [2.75, 3.05) is 0 Å². The van der Waals surface area contributed by atoms with Gasteiger partial charge in [-0.25, -0.2) is 9.97 Å². The molecule has 2 aromatic rings. The SMILES string of the molecule is Cc1ccc(Oc2cnc(C(=N)N)cn2)cc1. The number of rotatable bonds is 3. The van der Waals surface area contributed by atoms with Crippen molar-refractivity contribution in [1.29, 1.82) is 5.41 Å². The first kappa shape index (κ1) is 11.1. The zero-order valence-electron chi connectivity index (χ0n) is 9.34. The van der Waals surface area contributed by atoms with Gasteiger partial charge in [-0.15, -0.1) is 0 Å². The molecule has 0 fully saturated rings. The van der Waals surface area contributed by atoms with Crippen LogP contribution in [0, 0.1) is 12.3 Å². The Bertz CT molecular complexity index is 519. The summed E-state index contributed by atoms with van der Waals surface area (Å²) in [6.45, 7) is 2.01. The summed E-state index contributed by atoms with van der Waals surface area (Å²) < 4.78 is 5.48. The summed E-state index contributed by atoms with van der Waals surface area (Å²) in [6.07, 6.45) is 2.85. The maximum atomic E-state index is 7.19. The molecule has 5 nitrogen and oxygen atoms in total. The van der Waals surface area contributed by atoms with Crippen LogP contribution in [0.15, 0.2) is 36.7 Å². The van der Waals surface area contributed by atoms with E-state index in [0.29, 0.717) is 17.3 Å². The minimum absolute atomic E-state index is 0.112. The topological polar surface area (TPSA) is 84.9 Å². The van der Waals surface area contributed by atoms with Crippen molar-refractivity contribution in [3.8, 4) is 11.6 Å². The van der Waals surface area contributed by atoms with E-state index >= 15 is 0 Å². The Morgan fingerprint density at radius 2 is 1.88 bits per heavy atom. The molecule has 1 aromatic carbocycles. The number of benzene rings is 1. The van der Waals surface area contributed by atoms with E-state index in [1.165, 1.54) is 12.4 Å². The Balaban J connectivity index is 2.13. The lowest BCUT2D eigenvalue weighted by atomic mass is 10.2. The molecule has 0 saturated heterocycles. The summed E-state index contributed by atoms with van der Waals surface area (Å²) in [6, 6.07) is 7.62. The van der Waals surface area contributed by atoms with Gasteiger partial charge in [-0.1, -0.05) is 17.7 Å². The first-order valence-electron chi connectivity index (χ1n) is 5.06. The molecule has 3 N–H and O–H groups in total. The Morgan fingerprint density at radius 3 is 2.41 bits per heavy atom. The van der Waals surface area contributed by atoms with Crippen molar-refractivity contribution < 1.29 is 4.74 Å². The predicted molar refractivity (Wildman–Crippen MR) is 64.3 cm³/mol. The van der Waals surface area contributed by atoms with E-state index < -0.39 is 0 Å². The maximum Gasteiger partial charge on any atom is 0.237 e. The standard InChI is InChI=1S/C12H12N4O/c1-8-2-4-9(5-3-8)17-11-7-15-10(6-16-11)12(13)14/h2-7H,1H3,(H3,13,14). The normalized spacial score (nSPS) is 9.94. The average molecular weight is 228 g/mol. The van der Waals surface area contributed by atoms with E-state index in [1.807, 2.05) is 31.2 Å². The summed E-state index contributed by atoms with van der Waals surface area (Å²) in [7, 11) is 0. The van der Waals surface area contributed by atoms with Crippen molar-refractivity contribution in [3.63, 3.8) is 0 Å². The van der Waals surface area contributed by atoms with Gasteiger partial charge in [0.1, 0.15) is 17.3 Å². The third-order valence-electron chi connectivity index (χ3n) is 2.15. The van der Waals surface area contributed by atoms with Crippen LogP contribution in [0.2, 0.25) is 0 Å². The van der Waals surface area contributed by atoms with Crippen LogP contribution in [0.4, 0.5) is 0 Å². The van der Waals surface area contributed by atoms with Gasteiger partial charge in [-0.3, -0.25) is 5.41 Å². The average Bonchev–Trinajstić information content (AvgIpc) is 2.33. The van der Waals surface area contributed by atoms with Gasteiger partial charge in [0, 0.05) is 0 Å². The minimum atomic E-state index is -0.112. The van der Waals surface area contributed by atoms with Gasteiger partial charge in [-0.2, -0.15) is 0 Å². The summed E-state index contributed by atoms with van der Waals surface area (Å²) in [5.74, 6) is 0.957. The van der Waals surface area contributed by atoms with Crippen LogP contribution in [0.25, 0.3) is 0 Å². The second kappa shape index (κ2) is 4.61. The summed E-state index contributed by atoms with van der Waals surface area (Å²) in [5, 5.41) is 7.19. The summed E-state index contributed by atoms with van der Waals surface area (Å²) in [4.78, 5) is 7.97. The van der Waals surface area contributed by atoms with E-state index in [4.69, 9.17) is 15.9 Å². The molecular weight excluding hydrogens is 216 g/mol. The van der Waals surface area contributed by atoms with Crippen molar-refractivity contribution >= 4 is 5.84 Å². The Kier molecular flexibility index (Phi) is 3.00. The number of hydrogen-bond acceptors (Lipinski definition) is 4. The number of aromatic nitrogens is 2. The van der Waals surface area contributed by atoms with Crippen LogP contribution in [-0.4, -0.2) is 15.8 Å². The molecule has 0 radical (unpaired) electrons. The van der Waals surface area contributed by atoms with Crippen LogP contribution >= 0.6 is 0 Å². The summed E-state index contributed by atoms with van der Waals surface area (Å²) in [5.41, 5.74) is 6.77. The van der Waals surface area contributed by atoms with E-state index in [9.17, 15) is 0 Å². The number of nitrogens with one attached hydrogen (secondary N) is 1. The Labute approximate surface area is 98.8 Å². The van der Waals surface area contributed by atoms with Gasteiger partial charge in [0.2, 0.25) is 5.88 Å². The monoisotopic (exact) mass is 228 g/mol. The number of nitrogen functional groups attached to an aromatic ring is 1.